The highest BCUT2D eigenvalue weighted by Gasteiger charge is 2.47. The Morgan fingerprint density at radius 3 is 2.33 bits per heavy atom. The van der Waals surface area contributed by atoms with Crippen LogP contribution in [0.2, 0.25) is 0 Å². The van der Waals surface area contributed by atoms with Crippen molar-refractivity contribution >= 4 is 32.9 Å². The number of para-hydroxylation sites is 1. The molecule has 0 spiro atoms. The lowest BCUT2D eigenvalue weighted by Gasteiger charge is -2.14. The molecule has 0 amide bonds. The zero-order valence-corrected chi connectivity index (χ0v) is 10.3. The largest absolute Gasteiger partial charge is 0.501 e. The number of thiocarbonyl (C=S) groups is 1. The maximum atomic E-state index is 12.4. The fraction of sp³-hybridized carbons (Fsp3) is 0.125. The second-order valence-electron chi connectivity index (χ2n) is 3.06. The molecule has 1 aromatic carbocycles. The van der Waals surface area contributed by atoms with Gasteiger partial charge in [-0.3, -0.25) is 10.9 Å². The number of nitrogens with two attached hydrogens (primary N) is 1. The van der Waals surface area contributed by atoms with Crippen molar-refractivity contribution in [2.75, 3.05) is 5.43 Å². The lowest BCUT2D eigenvalue weighted by molar-refractivity contribution is -0.0435. The van der Waals surface area contributed by atoms with Crippen LogP contribution in [0.5, 0.6) is 0 Å². The van der Waals surface area contributed by atoms with Crippen LogP contribution >= 0.6 is 12.2 Å². The van der Waals surface area contributed by atoms with Crippen LogP contribution in [-0.4, -0.2) is 19.0 Å². The van der Waals surface area contributed by atoms with Crippen LogP contribution in [0.1, 0.15) is 0 Å². The first kappa shape index (κ1) is 14.5. The number of alkyl halides is 3. The van der Waals surface area contributed by atoms with E-state index in [1.165, 1.54) is 12.1 Å². The first-order valence-corrected chi connectivity index (χ1v) is 6.27. The van der Waals surface area contributed by atoms with E-state index in [1.807, 2.05) is 0 Å². The molecule has 0 aliphatic rings. The van der Waals surface area contributed by atoms with E-state index in [-0.39, 0.29) is 10.8 Å². The number of hydrogen-bond acceptors (Lipinski definition) is 4. The summed E-state index contributed by atoms with van der Waals surface area (Å²) in [7, 11) is -5.44. The summed E-state index contributed by atoms with van der Waals surface area (Å²) < 4.78 is 59.8. The van der Waals surface area contributed by atoms with Crippen LogP contribution < -0.4 is 16.6 Å². The minimum atomic E-state index is -5.44. The lowest BCUT2D eigenvalue weighted by atomic mass is 10.3. The highest BCUT2D eigenvalue weighted by atomic mass is 32.2. The van der Waals surface area contributed by atoms with Gasteiger partial charge in [-0.1, -0.05) is 12.1 Å². The van der Waals surface area contributed by atoms with Crippen LogP contribution in [0.4, 0.5) is 18.9 Å². The van der Waals surface area contributed by atoms with E-state index in [4.69, 9.17) is 5.73 Å². The summed E-state index contributed by atoms with van der Waals surface area (Å²) >= 11 is 4.44. The molecule has 0 saturated carbocycles. The zero-order chi connectivity index (χ0) is 14.0. The van der Waals surface area contributed by atoms with Gasteiger partial charge in [0.2, 0.25) is 0 Å². The molecule has 0 heterocycles. The second kappa shape index (κ2) is 4.98. The first-order chi connectivity index (χ1) is 8.16. The summed E-state index contributed by atoms with van der Waals surface area (Å²) in [6.07, 6.45) is 0. The molecular weight excluding hydrogens is 291 g/mol. The number of sulfone groups is 1. The summed E-state index contributed by atoms with van der Waals surface area (Å²) in [5, 5.41) is -0.241. The minimum Gasteiger partial charge on any atom is -0.375 e. The standard InChI is InChI=1S/C8H8F3N3O2S2/c9-8(10,11)18(15,16)6-4-2-1-3-5(6)13-14-7(12)17/h1-4,13H,(H3,12,14,17). The predicted octanol–water partition coefficient (Wildman–Crippen LogP) is 1.14. The van der Waals surface area contributed by atoms with Crippen molar-refractivity contribution in [3.05, 3.63) is 24.3 Å². The molecule has 0 saturated heterocycles. The molecular formula is C8H8F3N3O2S2. The van der Waals surface area contributed by atoms with Crippen LogP contribution in [0.25, 0.3) is 0 Å². The predicted molar refractivity (Wildman–Crippen MR) is 63.2 cm³/mol. The molecule has 0 radical (unpaired) electrons. The molecule has 100 valence electrons. The van der Waals surface area contributed by atoms with Crippen molar-refractivity contribution in [1.82, 2.24) is 5.43 Å². The Balaban J connectivity index is 3.22. The van der Waals surface area contributed by atoms with E-state index >= 15 is 0 Å². The average molecular weight is 299 g/mol. The number of hydrazine groups is 1. The van der Waals surface area contributed by atoms with Gasteiger partial charge >= 0.3 is 5.51 Å². The number of benzene rings is 1. The fourth-order valence-electron chi connectivity index (χ4n) is 1.06. The summed E-state index contributed by atoms with van der Waals surface area (Å²) in [5.41, 5.74) is 3.74. The highest BCUT2D eigenvalue weighted by molar-refractivity contribution is 7.92. The molecule has 1 aromatic rings. The Kier molecular flexibility index (Phi) is 4.02. The smallest absolute Gasteiger partial charge is 0.375 e. The summed E-state index contributed by atoms with van der Waals surface area (Å²) in [6.45, 7) is 0. The average Bonchev–Trinajstić information content (AvgIpc) is 2.25. The molecule has 4 N–H and O–H groups in total. The summed E-state index contributed by atoms with van der Waals surface area (Å²) in [6, 6.07) is 4.50. The van der Waals surface area contributed by atoms with Gasteiger partial charge in [-0.25, -0.2) is 8.42 Å². The Labute approximate surface area is 106 Å². The van der Waals surface area contributed by atoms with Gasteiger partial charge in [0, 0.05) is 0 Å². The summed E-state index contributed by atoms with van der Waals surface area (Å²) in [5.74, 6) is 0. The van der Waals surface area contributed by atoms with E-state index < -0.39 is 20.2 Å². The molecule has 0 aliphatic carbocycles. The minimum absolute atomic E-state index is 0.241. The number of halogens is 3. The van der Waals surface area contributed by atoms with E-state index in [9.17, 15) is 21.6 Å². The number of anilines is 1. The van der Waals surface area contributed by atoms with Crippen molar-refractivity contribution < 1.29 is 21.6 Å². The highest BCUT2D eigenvalue weighted by Crippen LogP contribution is 2.33. The van der Waals surface area contributed by atoms with Crippen molar-refractivity contribution in [2.45, 2.75) is 10.4 Å². The van der Waals surface area contributed by atoms with Gasteiger partial charge in [-0.05, 0) is 24.4 Å². The van der Waals surface area contributed by atoms with Gasteiger partial charge < -0.3 is 5.73 Å². The third-order valence-corrected chi connectivity index (χ3v) is 3.45. The Morgan fingerprint density at radius 1 is 1.28 bits per heavy atom. The maximum absolute atomic E-state index is 12.4. The SMILES string of the molecule is NC(=S)NNc1ccccc1S(=O)(=O)C(F)(F)F. The number of rotatable bonds is 3. The zero-order valence-electron chi connectivity index (χ0n) is 8.65. The van der Waals surface area contributed by atoms with E-state index in [2.05, 4.69) is 23.1 Å². The monoisotopic (exact) mass is 299 g/mol. The van der Waals surface area contributed by atoms with Crippen LogP contribution in [-0.2, 0) is 9.84 Å². The number of hydrogen-bond donors (Lipinski definition) is 3. The van der Waals surface area contributed by atoms with E-state index in [0.29, 0.717) is 0 Å². The van der Waals surface area contributed by atoms with Gasteiger partial charge in [-0.2, -0.15) is 13.2 Å². The number of nitrogens with one attached hydrogen (secondary N) is 2. The Morgan fingerprint density at radius 2 is 1.83 bits per heavy atom. The van der Waals surface area contributed by atoms with Gasteiger partial charge in [-0.15, -0.1) is 0 Å². The van der Waals surface area contributed by atoms with Gasteiger partial charge in [0.25, 0.3) is 9.84 Å². The van der Waals surface area contributed by atoms with Crippen LogP contribution in [0.3, 0.4) is 0 Å². The Bertz CT molecular complexity index is 557. The molecule has 0 atom stereocenters. The fourth-order valence-corrected chi connectivity index (χ4v) is 2.02. The molecule has 10 heteroatoms. The molecule has 0 unspecified atom stereocenters. The topological polar surface area (TPSA) is 84.2 Å². The quantitative estimate of drug-likeness (QED) is 0.573. The lowest BCUT2D eigenvalue weighted by Crippen LogP contribution is -2.35. The van der Waals surface area contributed by atoms with Crippen LogP contribution in [0, 0.1) is 0 Å². The molecule has 0 bridgehead atoms. The molecule has 0 aromatic heterocycles. The maximum Gasteiger partial charge on any atom is 0.501 e. The molecule has 18 heavy (non-hydrogen) atoms. The second-order valence-corrected chi connectivity index (χ2v) is 5.41. The molecule has 5 nitrogen and oxygen atoms in total. The van der Waals surface area contributed by atoms with Gasteiger partial charge in [0.05, 0.1) is 5.69 Å². The first-order valence-electron chi connectivity index (χ1n) is 4.38. The third kappa shape index (κ3) is 3.01. The van der Waals surface area contributed by atoms with Gasteiger partial charge in [0.1, 0.15) is 4.90 Å². The van der Waals surface area contributed by atoms with Crippen LogP contribution in [0.15, 0.2) is 29.2 Å². The summed E-state index contributed by atoms with van der Waals surface area (Å²) in [4.78, 5) is -0.916. The normalized spacial score (nSPS) is 11.9. The third-order valence-electron chi connectivity index (χ3n) is 1.80. The van der Waals surface area contributed by atoms with E-state index in [0.717, 1.165) is 12.1 Å². The van der Waals surface area contributed by atoms with Crippen molar-refractivity contribution in [3.63, 3.8) is 0 Å². The van der Waals surface area contributed by atoms with E-state index in [1.54, 1.807) is 0 Å². The van der Waals surface area contributed by atoms with Crippen molar-refractivity contribution in [1.29, 1.82) is 0 Å². The van der Waals surface area contributed by atoms with Crippen molar-refractivity contribution in [2.24, 2.45) is 5.73 Å². The van der Waals surface area contributed by atoms with Gasteiger partial charge in [0.15, 0.2) is 5.11 Å². The Hall–Kier alpha value is -1.55. The van der Waals surface area contributed by atoms with Crippen molar-refractivity contribution in [3.8, 4) is 0 Å². The molecule has 0 fully saturated rings. The molecule has 0 aliphatic heterocycles. The molecule has 1 rings (SSSR count).